The number of aromatic nitrogens is 1. The molecule has 5 atom stereocenters. The van der Waals surface area contributed by atoms with E-state index in [-0.39, 0.29) is 25.3 Å². The number of benzene rings is 2. The fourth-order valence-corrected chi connectivity index (χ4v) is 8.10. The molecule has 11 nitrogen and oxygen atoms in total. The molecule has 3 aromatic rings. The van der Waals surface area contributed by atoms with E-state index in [1.54, 1.807) is 19.1 Å². The van der Waals surface area contributed by atoms with Gasteiger partial charge in [0.15, 0.2) is 0 Å². The topological polar surface area (TPSA) is 144 Å². The van der Waals surface area contributed by atoms with Crippen LogP contribution in [0, 0.1) is 11.7 Å². The van der Waals surface area contributed by atoms with Gasteiger partial charge in [0.05, 0.1) is 17.3 Å². The van der Waals surface area contributed by atoms with Crippen LogP contribution in [-0.2, 0) is 29.1 Å². The molecule has 1 saturated heterocycles. The molecule has 0 bridgehead atoms. The molecule has 3 heterocycles. The van der Waals surface area contributed by atoms with Crippen molar-refractivity contribution in [2.75, 3.05) is 13.2 Å². The quantitative estimate of drug-likeness (QED) is 0.370. The van der Waals surface area contributed by atoms with Crippen LogP contribution in [0.4, 0.5) is 4.39 Å². The molecule has 0 spiro atoms. The van der Waals surface area contributed by atoms with Gasteiger partial charge in [-0.2, -0.15) is 0 Å². The number of nitrogens with zero attached hydrogens (tertiary/aromatic N) is 2. The van der Waals surface area contributed by atoms with Crippen LogP contribution in [0.25, 0.3) is 22.0 Å². The van der Waals surface area contributed by atoms with Crippen LogP contribution in [0.15, 0.2) is 66.7 Å². The summed E-state index contributed by atoms with van der Waals surface area (Å²) in [6, 6.07) is 14.4. The maximum atomic E-state index is 14.1. The van der Waals surface area contributed by atoms with Gasteiger partial charge < -0.3 is 19.7 Å². The Hall–Kier alpha value is -4.36. The van der Waals surface area contributed by atoms with E-state index in [0.29, 0.717) is 48.8 Å². The highest BCUT2D eigenvalue weighted by Gasteiger charge is 2.62. The van der Waals surface area contributed by atoms with Gasteiger partial charge in [0, 0.05) is 29.9 Å². The fourth-order valence-electron chi connectivity index (χ4n) is 6.73. The Morgan fingerprint density at radius 2 is 1.92 bits per heavy atom. The molecule has 3 amide bonds. The minimum Gasteiger partial charge on any atom is -0.472 e. The molecule has 4 aliphatic rings. The molecular weight excluding hydrogens is 651 g/mol. The molecule has 2 aliphatic heterocycles. The third kappa shape index (κ3) is 6.91. The lowest BCUT2D eigenvalue weighted by Gasteiger charge is -2.28. The highest BCUT2D eigenvalue weighted by atomic mass is 32.2. The Morgan fingerprint density at radius 1 is 1.12 bits per heavy atom. The first-order chi connectivity index (χ1) is 23.5. The van der Waals surface area contributed by atoms with Gasteiger partial charge in [-0.05, 0) is 75.3 Å². The highest BCUT2D eigenvalue weighted by molar-refractivity contribution is 7.91. The summed E-state index contributed by atoms with van der Waals surface area (Å²) >= 11 is 0. The molecule has 13 heteroatoms. The molecule has 2 aromatic carbocycles. The summed E-state index contributed by atoms with van der Waals surface area (Å²) in [5, 5.41) is 2.85. The highest BCUT2D eigenvalue weighted by Crippen LogP contribution is 2.46. The second-order valence-electron chi connectivity index (χ2n) is 13.4. The predicted molar refractivity (Wildman–Crippen MR) is 179 cm³/mol. The van der Waals surface area contributed by atoms with Crippen molar-refractivity contribution in [1.29, 1.82) is 0 Å². The van der Waals surface area contributed by atoms with E-state index in [1.807, 2.05) is 42.5 Å². The summed E-state index contributed by atoms with van der Waals surface area (Å²) in [4.78, 5) is 47.7. The van der Waals surface area contributed by atoms with Crippen molar-refractivity contribution in [1.82, 2.24) is 19.9 Å². The van der Waals surface area contributed by atoms with Gasteiger partial charge in [0.25, 0.3) is 11.8 Å². The van der Waals surface area contributed by atoms with Crippen LogP contribution in [-0.4, -0.2) is 78.2 Å². The first-order valence-corrected chi connectivity index (χ1v) is 18.4. The average Bonchev–Trinajstić information content (AvgIpc) is 4.01. The lowest BCUT2D eigenvalue weighted by molar-refractivity contribution is -0.147. The fraction of sp³-hybridized carbons (Fsp3) is 0.444. The average molecular weight is 691 g/mol. The zero-order chi connectivity index (χ0) is 34.3. The van der Waals surface area contributed by atoms with Crippen LogP contribution < -0.4 is 14.8 Å². The first-order valence-electron chi connectivity index (χ1n) is 16.8. The van der Waals surface area contributed by atoms with E-state index in [4.69, 9.17) is 14.5 Å². The second-order valence-corrected chi connectivity index (χ2v) is 15.4. The molecule has 2 aliphatic carbocycles. The van der Waals surface area contributed by atoms with Crippen molar-refractivity contribution in [3.8, 4) is 17.0 Å². The number of nitrogens with one attached hydrogen (secondary N) is 2. The Kier molecular flexibility index (Phi) is 8.91. The van der Waals surface area contributed by atoms with Gasteiger partial charge in [-0.15, -0.1) is 0 Å². The Balaban J connectivity index is 1.19. The van der Waals surface area contributed by atoms with Crippen LogP contribution >= 0.6 is 0 Å². The number of carbonyl (C=O) groups is 3. The lowest BCUT2D eigenvalue weighted by Crippen LogP contribution is -2.57. The summed E-state index contributed by atoms with van der Waals surface area (Å²) in [5.74, 6) is -2.27. The summed E-state index contributed by atoms with van der Waals surface area (Å²) in [7, 11) is -3.86. The third-order valence-electron chi connectivity index (χ3n) is 9.77. The number of ether oxygens (including phenoxy) is 2. The van der Waals surface area contributed by atoms with Crippen LogP contribution in [0.2, 0.25) is 0 Å². The minimum atomic E-state index is -3.86. The number of hydrogen-bond acceptors (Lipinski definition) is 8. The minimum absolute atomic E-state index is 0.0422. The first kappa shape index (κ1) is 33.2. The summed E-state index contributed by atoms with van der Waals surface area (Å²) < 4.78 is 54.2. The smallest absolute Gasteiger partial charge is 0.259 e. The van der Waals surface area contributed by atoms with E-state index in [9.17, 15) is 27.2 Å². The van der Waals surface area contributed by atoms with E-state index in [0.717, 1.165) is 12.0 Å². The predicted octanol–water partition coefficient (Wildman–Crippen LogP) is 4.02. The molecule has 2 N–H and O–H groups in total. The number of carbonyl (C=O) groups excluding carboxylic acids is 3. The number of pyridine rings is 1. The molecule has 2 saturated carbocycles. The van der Waals surface area contributed by atoms with Crippen molar-refractivity contribution >= 4 is 38.6 Å². The Morgan fingerprint density at radius 3 is 2.69 bits per heavy atom. The number of allylic oxidation sites excluding steroid dienone is 1. The number of sulfonamides is 1. The van der Waals surface area contributed by atoms with Crippen molar-refractivity contribution in [2.24, 2.45) is 5.92 Å². The van der Waals surface area contributed by atoms with Crippen molar-refractivity contribution in [2.45, 2.75) is 80.9 Å². The van der Waals surface area contributed by atoms with Gasteiger partial charge in [0.2, 0.25) is 21.8 Å². The molecule has 7 rings (SSSR count). The Bertz CT molecular complexity index is 1920. The summed E-state index contributed by atoms with van der Waals surface area (Å²) in [6.45, 7) is 2.05. The summed E-state index contributed by atoms with van der Waals surface area (Å²) in [6.07, 6.45) is 5.81. The van der Waals surface area contributed by atoms with Gasteiger partial charge in [0.1, 0.15) is 29.6 Å². The van der Waals surface area contributed by atoms with Crippen molar-refractivity contribution < 1.29 is 36.7 Å². The molecule has 0 radical (unpaired) electrons. The monoisotopic (exact) mass is 690 g/mol. The van der Waals surface area contributed by atoms with Crippen LogP contribution in [0.5, 0.6) is 5.88 Å². The zero-order valence-corrected chi connectivity index (χ0v) is 28.0. The number of hydrogen-bond donors (Lipinski definition) is 2. The number of amides is 3. The van der Waals surface area contributed by atoms with Gasteiger partial charge in [-0.3, -0.25) is 19.1 Å². The largest absolute Gasteiger partial charge is 0.472 e. The van der Waals surface area contributed by atoms with E-state index in [1.165, 1.54) is 17.0 Å². The molecule has 258 valence electrons. The molecule has 5 unspecified atom stereocenters. The maximum absolute atomic E-state index is 14.1. The van der Waals surface area contributed by atoms with E-state index < -0.39 is 68.5 Å². The van der Waals surface area contributed by atoms with Crippen molar-refractivity contribution in [3.05, 3.63) is 72.6 Å². The third-order valence-corrected chi connectivity index (χ3v) is 11.6. The van der Waals surface area contributed by atoms with Gasteiger partial charge in [-0.25, -0.2) is 17.8 Å². The van der Waals surface area contributed by atoms with Crippen LogP contribution in [0.3, 0.4) is 0 Å². The maximum Gasteiger partial charge on any atom is 0.259 e. The van der Waals surface area contributed by atoms with E-state index in [2.05, 4.69) is 10.0 Å². The van der Waals surface area contributed by atoms with E-state index >= 15 is 0 Å². The van der Waals surface area contributed by atoms with Gasteiger partial charge >= 0.3 is 0 Å². The Labute approximate surface area is 284 Å². The van der Waals surface area contributed by atoms with Crippen molar-refractivity contribution in [3.63, 3.8) is 0 Å². The van der Waals surface area contributed by atoms with Gasteiger partial charge in [-0.1, -0.05) is 42.5 Å². The standard InChI is InChI=1S/C36H39FN4O7S/c1-22-34(43)41-21-27(48-33-29(23-9-5-4-6-10-23)18-24-17-26(37)12-15-30(24)38-33)19-31(41)32(42)39-36(35(44)40-49(45,46)28-13-14-28)20-25(36)11-7-2-3-8-16-47-22/h4-7,9-12,15,17-18,22,25,27-28,31H,2-3,8,13-14,16,19-21H2,1H3,(H,39,42)(H,40,44). The molecule has 49 heavy (non-hydrogen) atoms. The SMILES string of the molecule is CC1OCCCCC=CC2CC2(C(=O)NS(=O)(=O)C2CC2)NC(=O)C2CC(Oc3nc4ccc(F)cc4cc3-c3ccccc3)CN2C1=O. The zero-order valence-electron chi connectivity index (χ0n) is 27.1. The van der Waals surface area contributed by atoms with Crippen LogP contribution in [0.1, 0.15) is 51.9 Å². The molecular formula is C36H39FN4O7S. The number of halogens is 1. The second kappa shape index (κ2) is 13.2. The normalized spacial score (nSPS) is 27.8. The molecule has 1 aromatic heterocycles. The summed E-state index contributed by atoms with van der Waals surface area (Å²) in [5.41, 5.74) is 0.473. The molecule has 3 fully saturated rings. The number of fused-ring (bicyclic) bond motifs is 3. The lowest BCUT2D eigenvalue weighted by atomic mass is 10.0. The number of rotatable bonds is 6.